The number of carbonyl (C=O) groups is 1. The smallest absolute Gasteiger partial charge is 0.209 e. The molecule has 1 rings (SSSR count). The van der Waals surface area contributed by atoms with Crippen LogP contribution in [-0.2, 0) is 4.79 Å². The Kier molecular flexibility index (Phi) is 4.35. The van der Waals surface area contributed by atoms with Gasteiger partial charge in [0.05, 0.1) is 6.61 Å². The molecule has 0 bridgehead atoms. The maximum Gasteiger partial charge on any atom is 0.209 e. The summed E-state index contributed by atoms with van der Waals surface area (Å²) in [7, 11) is 0. The molecule has 82 valence electrons. The van der Waals surface area contributed by atoms with Crippen molar-refractivity contribution in [2.75, 3.05) is 32.8 Å². The molecule has 0 radical (unpaired) electrons. The van der Waals surface area contributed by atoms with Gasteiger partial charge in [0.2, 0.25) is 6.41 Å². The van der Waals surface area contributed by atoms with Crippen LogP contribution >= 0.6 is 0 Å². The zero-order chi connectivity index (χ0) is 10.6. The quantitative estimate of drug-likeness (QED) is 0.638. The van der Waals surface area contributed by atoms with E-state index in [-0.39, 0.29) is 12.6 Å². The number of nitrogens with zero attached hydrogens (tertiary/aromatic N) is 2. The molecule has 14 heavy (non-hydrogen) atoms. The van der Waals surface area contributed by atoms with Crippen molar-refractivity contribution in [3.05, 3.63) is 0 Å². The summed E-state index contributed by atoms with van der Waals surface area (Å²) < 4.78 is 0. The molecule has 1 amide bonds. The van der Waals surface area contributed by atoms with Crippen molar-refractivity contribution in [2.24, 2.45) is 5.92 Å². The molecule has 0 spiro atoms. The normalized spacial score (nSPS) is 21.3. The highest BCUT2D eigenvalue weighted by atomic mass is 16.3. The third-order valence-corrected chi connectivity index (χ3v) is 2.92. The SMILES string of the molecule is CC(C)C(CO)N1CCN(C=O)CC1. The second kappa shape index (κ2) is 5.32. The molecule has 1 N–H and O–H groups in total. The van der Waals surface area contributed by atoms with Gasteiger partial charge < -0.3 is 10.0 Å². The zero-order valence-corrected chi connectivity index (χ0v) is 9.02. The van der Waals surface area contributed by atoms with E-state index in [9.17, 15) is 9.90 Å². The van der Waals surface area contributed by atoms with Gasteiger partial charge in [0, 0.05) is 32.2 Å². The van der Waals surface area contributed by atoms with E-state index in [0.717, 1.165) is 32.6 Å². The monoisotopic (exact) mass is 200 g/mol. The van der Waals surface area contributed by atoms with Crippen LogP contribution in [0.5, 0.6) is 0 Å². The third-order valence-electron chi connectivity index (χ3n) is 2.92. The standard InChI is InChI=1S/C10H20N2O2/c1-9(2)10(7-13)12-5-3-11(8-14)4-6-12/h8-10,13H,3-7H2,1-2H3. The highest BCUT2D eigenvalue weighted by Gasteiger charge is 2.24. The largest absolute Gasteiger partial charge is 0.395 e. The molecule has 4 heteroatoms. The molecule has 0 aliphatic carbocycles. The third kappa shape index (κ3) is 2.69. The van der Waals surface area contributed by atoms with Gasteiger partial charge in [-0.2, -0.15) is 0 Å². The Morgan fingerprint density at radius 1 is 1.29 bits per heavy atom. The molecule has 0 aromatic carbocycles. The van der Waals surface area contributed by atoms with E-state index >= 15 is 0 Å². The summed E-state index contributed by atoms with van der Waals surface area (Å²) >= 11 is 0. The van der Waals surface area contributed by atoms with Gasteiger partial charge in [0.15, 0.2) is 0 Å². The molecule has 4 nitrogen and oxygen atoms in total. The van der Waals surface area contributed by atoms with Crippen molar-refractivity contribution in [1.82, 2.24) is 9.80 Å². The molecule has 1 saturated heterocycles. The van der Waals surface area contributed by atoms with Crippen LogP contribution in [0.25, 0.3) is 0 Å². The van der Waals surface area contributed by atoms with E-state index in [1.807, 2.05) is 0 Å². The summed E-state index contributed by atoms with van der Waals surface area (Å²) in [5.74, 6) is 0.461. The van der Waals surface area contributed by atoms with E-state index in [1.165, 1.54) is 0 Å². The predicted molar refractivity (Wildman–Crippen MR) is 54.9 cm³/mol. The number of rotatable bonds is 4. The van der Waals surface area contributed by atoms with Gasteiger partial charge in [-0.3, -0.25) is 9.69 Å². The Hall–Kier alpha value is -0.610. The average molecular weight is 200 g/mol. The number of carbonyl (C=O) groups excluding carboxylic acids is 1. The van der Waals surface area contributed by atoms with E-state index in [0.29, 0.717) is 5.92 Å². The summed E-state index contributed by atoms with van der Waals surface area (Å²) in [5, 5.41) is 9.25. The van der Waals surface area contributed by atoms with Gasteiger partial charge in [-0.15, -0.1) is 0 Å². The summed E-state index contributed by atoms with van der Waals surface area (Å²) in [6.45, 7) is 7.77. The van der Waals surface area contributed by atoms with Crippen LogP contribution in [0, 0.1) is 5.92 Å². The second-order valence-corrected chi connectivity index (χ2v) is 4.17. The molecule has 1 atom stereocenters. The lowest BCUT2D eigenvalue weighted by atomic mass is 10.0. The fraction of sp³-hybridized carbons (Fsp3) is 0.900. The lowest BCUT2D eigenvalue weighted by molar-refractivity contribution is -0.120. The number of aliphatic hydroxyl groups is 1. The van der Waals surface area contributed by atoms with Gasteiger partial charge in [0.1, 0.15) is 0 Å². The molecule has 1 unspecified atom stereocenters. The van der Waals surface area contributed by atoms with Gasteiger partial charge in [-0.05, 0) is 5.92 Å². The molecule has 1 fully saturated rings. The molecule has 0 aromatic heterocycles. The first-order valence-corrected chi connectivity index (χ1v) is 5.23. The van der Waals surface area contributed by atoms with Crippen LogP contribution in [-0.4, -0.2) is 60.1 Å². The van der Waals surface area contributed by atoms with Gasteiger partial charge >= 0.3 is 0 Å². The average Bonchev–Trinajstić information content (AvgIpc) is 2.19. The minimum atomic E-state index is 0.207. The lowest BCUT2D eigenvalue weighted by Crippen LogP contribution is -2.52. The predicted octanol–water partition coefficient (Wildman–Crippen LogP) is -0.223. The summed E-state index contributed by atoms with van der Waals surface area (Å²) in [6, 6.07) is 0.240. The van der Waals surface area contributed by atoms with Gasteiger partial charge in [-0.1, -0.05) is 13.8 Å². The number of hydrogen-bond donors (Lipinski definition) is 1. The van der Waals surface area contributed by atoms with Crippen molar-refractivity contribution in [1.29, 1.82) is 0 Å². The first kappa shape index (κ1) is 11.5. The second-order valence-electron chi connectivity index (χ2n) is 4.17. The summed E-state index contributed by atoms with van der Waals surface area (Å²) in [4.78, 5) is 14.5. The number of hydrogen-bond acceptors (Lipinski definition) is 3. The fourth-order valence-electron chi connectivity index (χ4n) is 1.92. The lowest BCUT2D eigenvalue weighted by Gasteiger charge is -2.38. The van der Waals surface area contributed by atoms with E-state index < -0.39 is 0 Å². The topological polar surface area (TPSA) is 43.8 Å². The van der Waals surface area contributed by atoms with Crippen molar-refractivity contribution in [3.8, 4) is 0 Å². The maximum absolute atomic E-state index is 10.5. The van der Waals surface area contributed by atoms with Crippen LogP contribution in [0.15, 0.2) is 0 Å². The van der Waals surface area contributed by atoms with E-state index in [1.54, 1.807) is 4.90 Å². The molecule has 1 aliphatic heterocycles. The highest BCUT2D eigenvalue weighted by molar-refractivity contribution is 5.47. The Morgan fingerprint density at radius 2 is 1.86 bits per heavy atom. The Labute approximate surface area is 85.5 Å². The van der Waals surface area contributed by atoms with Crippen molar-refractivity contribution >= 4 is 6.41 Å². The molecule has 1 aliphatic rings. The van der Waals surface area contributed by atoms with Crippen LogP contribution < -0.4 is 0 Å². The highest BCUT2D eigenvalue weighted by Crippen LogP contribution is 2.12. The zero-order valence-electron chi connectivity index (χ0n) is 9.02. The van der Waals surface area contributed by atoms with Gasteiger partial charge in [0.25, 0.3) is 0 Å². The number of piperazine rings is 1. The van der Waals surface area contributed by atoms with Crippen LogP contribution in [0.4, 0.5) is 0 Å². The van der Waals surface area contributed by atoms with Crippen molar-refractivity contribution in [3.63, 3.8) is 0 Å². The molecular weight excluding hydrogens is 180 g/mol. The summed E-state index contributed by atoms with van der Waals surface area (Å²) in [5.41, 5.74) is 0. The summed E-state index contributed by atoms with van der Waals surface area (Å²) in [6.07, 6.45) is 0.903. The van der Waals surface area contributed by atoms with Crippen molar-refractivity contribution in [2.45, 2.75) is 19.9 Å². The number of aliphatic hydroxyl groups excluding tert-OH is 1. The minimum absolute atomic E-state index is 0.207. The first-order chi connectivity index (χ1) is 6.69. The van der Waals surface area contributed by atoms with E-state index in [2.05, 4.69) is 18.7 Å². The Balaban J connectivity index is 2.43. The maximum atomic E-state index is 10.5. The molecular formula is C10H20N2O2. The first-order valence-electron chi connectivity index (χ1n) is 5.23. The minimum Gasteiger partial charge on any atom is -0.395 e. The van der Waals surface area contributed by atoms with Crippen LogP contribution in [0.3, 0.4) is 0 Å². The molecule has 0 saturated carbocycles. The Morgan fingerprint density at radius 3 is 2.21 bits per heavy atom. The Bertz CT molecular complexity index is 177. The molecule has 1 heterocycles. The number of amides is 1. The fourth-order valence-corrected chi connectivity index (χ4v) is 1.92. The van der Waals surface area contributed by atoms with Crippen LogP contribution in [0.2, 0.25) is 0 Å². The van der Waals surface area contributed by atoms with Gasteiger partial charge in [-0.25, -0.2) is 0 Å². The van der Waals surface area contributed by atoms with Crippen molar-refractivity contribution < 1.29 is 9.90 Å². The van der Waals surface area contributed by atoms with Crippen LogP contribution in [0.1, 0.15) is 13.8 Å². The molecule has 0 aromatic rings. The van der Waals surface area contributed by atoms with E-state index in [4.69, 9.17) is 0 Å².